The Hall–Kier alpha value is -1.76. The zero-order chi connectivity index (χ0) is 20.3. The van der Waals surface area contributed by atoms with Gasteiger partial charge in [-0.05, 0) is 85.6 Å². The van der Waals surface area contributed by atoms with Crippen LogP contribution < -0.4 is 4.74 Å². The Balaban J connectivity index is 1.40. The average molecular weight is 393 g/mol. The van der Waals surface area contributed by atoms with E-state index in [9.17, 15) is 0 Å². The van der Waals surface area contributed by atoms with Gasteiger partial charge in [-0.2, -0.15) is 0 Å². The minimum Gasteiger partial charge on any atom is -0.494 e. The summed E-state index contributed by atoms with van der Waals surface area (Å²) in [5.74, 6) is 2.78. The fourth-order valence-corrected chi connectivity index (χ4v) is 4.62. The molecule has 1 heteroatoms. The van der Waals surface area contributed by atoms with Crippen LogP contribution in [0.3, 0.4) is 0 Å². The van der Waals surface area contributed by atoms with Gasteiger partial charge in [0.15, 0.2) is 0 Å². The van der Waals surface area contributed by atoms with E-state index in [1.165, 1.54) is 62.5 Å². The molecule has 0 heterocycles. The Labute approximate surface area is 178 Å². The minimum atomic E-state index is 0.793. The smallest absolute Gasteiger partial charge is 0.119 e. The van der Waals surface area contributed by atoms with Gasteiger partial charge in [0.05, 0.1) is 6.61 Å². The van der Waals surface area contributed by atoms with E-state index in [4.69, 9.17) is 4.74 Å². The van der Waals surface area contributed by atoms with Crippen LogP contribution in [0.2, 0.25) is 0 Å². The van der Waals surface area contributed by atoms with Crippen molar-refractivity contribution in [1.29, 1.82) is 0 Å². The van der Waals surface area contributed by atoms with Crippen LogP contribution in [-0.4, -0.2) is 6.61 Å². The molecule has 0 amide bonds. The third-order valence-corrected chi connectivity index (χ3v) is 6.77. The lowest BCUT2D eigenvalue weighted by molar-refractivity contribution is 0.305. The van der Waals surface area contributed by atoms with Crippen LogP contribution in [0, 0.1) is 5.92 Å². The Morgan fingerprint density at radius 2 is 1.34 bits per heavy atom. The summed E-state index contributed by atoms with van der Waals surface area (Å²) in [7, 11) is 0. The maximum Gasteiger partial charge on any atom is 0.119 e. The van der Waals surface area contributed by atoms with Gasteiger partial charge >= 0.3 is 0 Å². The molecule has 2 aromatic carbocycles. The van der Waals surface area contributed by atoms with Gasteiger partial charge in [-0.15, -0.1) is 0 Å². The standard InChI is InChI=1S/C28H40O/c1-3-5-6-7-22-29-28-20-14-25(15-21-28)9-8-24-12-18-27(19-13-24)26-16-10-23(4-2)11-17-26/h12-15,18-21,23,26H,3-11,16-17,22H2,1-2H3. The fraction of sp³-hybridized carbons (Fsp3) is 0.571. The average Bonchev–Trinajstić information content (AvgIpc) is 2.79. The fourth-order valence-electron chi connectivity index (χ4n) is 4.62. The molecule has 3 rings (SSSR count). The summed E-state index contributed by atoms with van der Waals surface area (Å²) in [6.45, 7) is 5.42. The van der Waals surface area contributed by atoms with Crippen molar-refractivity contribution in [2.45, 2.75) is 90.4 Å². The van der Waals surface area contributed by atoms with Crippen molar-refractivity contribution in [3.05, 3.63) is 65.2 Å². The van der Waals surface area contributed by atoms with Gasteiger partial charge in [-0.25, -0.2) is 0 Å². The van der Waals surface area contributed by atoms with Crippen LogP contribution in [0.15, 0.2) is 48.5 Å². The molecule has 0 unspecified atom stereocenters. The van der Waals surface area contributed by atoms with Crippen molar-refractivity contribution >= 4 is 0 Å². The van der Waals surface area contributed by atoms with E-state index >= 15 is 0 Å². The Morgan fingerprint density at radius 3 is 1.93 bits per heavy atom. The normalized spacial score (nSPS) is 19.2. The molecule has 1 aliphatic carbocycles. The largest absolute Gasteiger partial charge is 0.494 e. The van der Waals surface area contributed by atoms with Gasteiger partial charge < -0.3 is 4.74 Å². The summed E-state index contributed by atoms with van der Waals surface area (Å²) < 4.78 is 5.85. The number of rotatable bonds is 11. The second kappa shape index (κ2) is 12.1. The molecule has 1 fully saturated rings. The van der Waals surface area contributed by atoms with Crippen LogP contribution in [0.25, 0.3) is 0 Å². The van der Waals surface area contributed by atoms with Gasteiger partial charge in [-0.3, -0.25) is 0 Å². The molecule has 0 saturated heterocycles. The molecule has 0 aromatic heterocycles. The Bertz CT molecular complexity index is 677. The summed E-state index contributed by atoms with van der Waals surface area (Å²) in [4.78, 5) is 0. The van der Waals surface area contributed by atoms with Crippen LogP contribution in [-0.2, 0) is 12.8 Å². The highest BCUT2D eigenvalue weighted by Gasteiger charge is 2.20. The molecule has 1 aliphatic rings. The topological polar surface area (TPSA) is 9.23 Å². The lowest BCUT2D eigenvalue weighted by Crippen LogP contribution is -2.12. The zero-order valence-corrected chi connectivity index (χ0v) is 18.7. The van der Waals surface area contributed by atoms with Gasteiger partial charge in [0, 0.05) is 0 Å². The predicted molar refractivity (Wildman–Crippen MR) is 125 cm³/mol. The second-order valence-electron chi connectivity index (χ2n) is 8.92. The SMILES string of the molecule is CCCCCCOc1ccc(CCc2ccc(C3CCC(CC)CC3)cc2)cc1. The van der Waals surface area contributed by atoms with E-state index in [0.717, 1.165) is 43.5 Å². The summed E-state index contributed by atoms with van der Waals surface area (Å²) >= 11 is 0. The highest BCUT2D eigenvalue weighted by Crippen LogP contribution is 2.36. The second-order valence-corrected chi connectivity index (χ2v) is 8.92. The highest BCUT2D eigenvalue weighted by molar-refractivity contribution is 5.30. The van der Waals surface area contributed by atoms with E-state index in [1.54, 1.807) is 5.56 Å². The summed E-state index contributed by atoms with van der Waals surface area (Å²) in [6, 6.07) is 18.2. The maximum absolute atomic E-state index is 5.85. The van der Waals surface area contributed by atoms with Crippen molar-refractivity contribution in [2.24, 2.45) is 5.92 Å². The van der Waals surface area contributed by atoms with E-state index < -0.39 is 0 Å². The van der Waals surface area contributed by atoms with Crippen molar-refractivity contribution in [3.63, 3.8) is 0 Å². The number of unbranched alkanes of at least 4 members (excludes halogenated alkanes) is 3. The monoisotopic (exact) mass is 392 g/mol. The van der Waals surface area contributed by atoms with Crippen molar-refractivity contribution in [2.75, 3.05) is 6.61 Å². The predicted octanol–water partition coefficient (Wildman–Crippen LogP) is 8.11. The Morgan fingerprint density at radius 1 is 0.724 bits per heavy atom. The van der Waals surface area contributed by atoms with E-state index in [1.807, 2.05) is 0 Å². The molecule has 1 nitrogen and oxygen atoms in total. The molecule has 0 N–H and O–H groups in total. The minimum absolute atomic E-state index is 0.793. The maximum atomic E-state index is 5.85. The number of hydrogen-bond acceptors (Lipinski definition) is 1. The van der Waals surface area contributed by atoms with Gasteiger partial charge in [-0.1, -0.05) is 75.9 Å². The highest BCUT2D eigenvalue weighted by atomic mass is 16.5. The lowest BCUT2D eigenvalue weighted by Gasteiger charge is -2.28. The number of ether oxygens (including phenoxy) is 1. The number of benzene rings is 2. The first-order valence-electron chi connectivity index (χ1n) is 12.1. The third-order valence-electron chi connectivity index (χ3n) is 6.77. The molecule has 0 bridgehead atoms. The first-order chi connectivity index (χ1) is 14.3. The van der Waals surface area contributed by atoms with E-state index in [0.29, 0.717) is 0 Å². The number of hydrogen-bond donors (Lipinski definition) is 0. The summed E-state index contributed by atoms with van der Waals surface area (Å²) in [6.07, 6.45) is 14.2. The van der Waals surface area contributed by atoms with Gasteiger partial charge in [0.2, 0.25) is 0 Å². The van der Waals surface area contributed by atoms with Crippen molar-refractivity contribution < 1.29 is 4.74 Å². The number of aryl methyl sites for hydroxylation is 2. The summed E-state index contributed by atoms with van der Waals surface area (Å²) in [5, 5.41) is 0. The molecule has 2 aromatic rings. The first kappa shape index (κ1) is 21.9. The van der Waals surface area contributed by atoms with E-state index in [2.05, 4.69) is 62.4 Å². The zero-order valence-electron chi connectivity index (χ0n) is 18.7. The molecule has 1 saturated carbocycles. The molecule has 158 valence electrons. The molecule has 0 radical (unpaired) electrons. The van der Waals surface area contributed by atoms with Crippen LogP contribution in [0.1, 0.15) is 94.2 Å². The van der Waals surface area contributed by atoms with Crippen molar-refractivity contribution in [3.8, 4) is 5.75 Å². The quantitative estimate of drug-likeness (QED) is 0.351. The third kappa shape index (κ3) is 7.21. The molecular formula is C28H40O. The van der Waals surface area contributed by atoms with Crippen molar-refractivity contribution in [1.82, 2.24) is 0 Å². The van der Waals surface area contributed by atoms with Gasteiger partial charge in [0.25, 0.3) is 0 Å². The molecule has 0 atom stereocenters. The first-order valence-corrected chi connectivity index (χ1v) is 12.1. The molecule has 29 heavy (non-hydrogen) atoms. The van der Waals surface area contributed by atoms with Crippen LogP contribution in [0.5, 0.6) is 5.75 Å². The molecular weight excluding hydrogens is 352 g/mol. The molecule has 0 spiro atoms. The van der Waals surface area contributed by atoms with Crippen LogP contribution in [0.4, 0.5) is 0 Å². The van der Waals surface area contributed by atoms with Gasteiger partial charge in [0.1, 0.15) is 5.75 Å². The van der Waals surface area contributed by atoms with Crippen LogP contribution >= 0.6 is 0 Å². The lowest BCUT2D eigenvalue weighted by atomic mass is 9.78. The summed E-state index contributed by atoms with van der Waals surface area (Å²) in [5.41, 5.74) is 4.40. The Kier molecular flexibility index (Phi) is 9.12. The van der Waals surface area contributed by atoms with E-state index in [-0.39, 0.29) is 0 Å². The molecule has 0 aliphatic heterocycles.